The topological polar surface area (TPSA) is 70.1 Å². The number of carbonyl (C=O) groups excluding carboxylic acids is 1. The van der Waals surface area contributed by atoms with E-state index in [2.05, 4.69) is 5.10 Å². The van der Waals surface area contributed by atoms with E-state index < -0.39 is 17.8 Å². The van der Waals surface area contributed by atoms with Crippen LogP contribution < -0.4 is 10.5 Å². The van der Waals surface area contributed by atoms with E-state index in [-0.39, 0.29) is 21.7 Å². The molecule has 1 aromatic heterocycles. The number of primary amides is 1. The third-order valence-corrected chi connectivity index (χ3v) is 3.85. The molecule has 1 heterocycles. The molecule has 0 aliphatic carbocycles. The highest BCUT2D eigenvalue weighted by Gasteiger charge is 2.32. The molecule has 10 heteroatoms. The van der Waals surface area contributed by atoms with Crippen LogP contribution in [0.15, 0.2) is 12.1 Å². The zero-order valence-corrected chi connectivity index (χ0v) is 14.1. The van der Waals surface area contributed by atoms with Crippen LogP contribution in [0, 0.1) is 6.92 Å². The Morgan fingerprint density at radius 1 is 1.33 bits per heavy atom. The van der Waals surface area contributed by atoms with E-state index in [1.54, 1.807) is 13.8 Å². The third-order valence-electron chi connectivity index (χ3n) is 3.29. The summed E-state index contributed by atoms with van der Waals surface area (Å²) >= 11 is 11.7. The van der Waals surface area contributed by atoms with Crippen LogP contribution in [0.25, 0.3) is 0 Å². The zero-order valence-electron chi connectivity index (χ0n) is 12.5. The lowest BCUT2D eigenvalue weighted by Gasteiger charge is -2.12. The first-order valence-electron chi connectivity index (χ1n) is 6.68. The Balaban J connectivity index is 2.49. The fourth-order valence-corrected chi connectivity index (χ4v) is 2.69. The molecule has 0 spiro atoms. The van der Waals surface area contributed by atoms with E-state index in [0.29, 0.717) is 29.8 Å². The molecule has 0 saturated heterocycles. The number of halogens is 5. The van der Waals surface area contributed by atoms with E-state index in [4.69, 9.17) is 33.7 Å². The van der Waals surface area contributed by atoms with E-state index in [9.17, 15) is 18.0 Å². The van der Waals surface area contributed by atoms with Crippen molar-refractivity contribution in [3.63, 3.8) is 0 Å². The first-order valence-corrected chi connectivity index (χ1v) is 7.44. The zero-order chi connectivity index (χ0) is 18.2. The summed E-state index contributed by atoms with van der Waals surface area (Å²) in [5.41, 5.74) is 5.21. The SMILES string of the molecule is CCc1c(Oc2c(Cl)cc(C(F)(F)F)cc2Cl)nn(C(N)=O)c1C. The van der Waals surface area contributed by atoms with Crippen LogP contribution in [0.4, 0.5) is 18.0 Å². The molecule has 0 aliphatic rings. The minimum atomic E-state index is -4.59. The normalized spacial score (nSPS) is 11.6. The number of nitrogens with zero attached hydrogens (tertiary/aromatic N) is 2. The Kier molecular flexibility index (Phi) is 5.00. The summed E-state index contributed by atoms with van der Waals surface area (Å²) < 4.78 is 44.6. The Morgan fingerprint density at radius 2 is 1.88 bits per heavy atom. The van der Waals surface area contributed by atoms with Crippen LogP contribution in [0.5, 0.6) is 11.6 Å². The molecular formula is C14H12Cl2F3N3O2. The molecule has 0 radical (unpaired) electrons. The number of aromatic nitrogens is 2. The minimum absolute atomic E-state index is 0.00245. The molecule has 24 heavy (non-hydrogen) atoms. The monoisotopic (exact) mass is 381 g/mol. The van der Waals surface area contributed by atoms with Gasteiger partial charge in [-0.15, -0.1) is 5.10 Å². The lowest BCUT2D eigenvalue weighted by Crippen LogP contribution is -2.22. The second-order valence-corrected chi connectivity index (χ2v) is 5.66. The number of amides is 1. The number of nitrogens with two attached hydrogens (primary N) is 1. The fourth-order valence-electron chi connectivity index (χ4n) is 2.13. The second-order valence-electron chi connectivity index (χ2n) is 4.84. The van der Waals surface area contributed by atoms with Gasteiger partial charge in [0.25, 0.3) is 0 Å². The van der Waals surface area contributed by atoms with Crippen molar-refractivity contribution in [1.82, 2.24) is 9.78 Å². The number of alkyl halides is 3. The summed E-state index contributed by atoms with van der Waals surface area (Å²) in [6.45, 7) is 3.40. The molecule has 0 unspecified atom stereocenters. The van der Waals surface area contributed by atoms with Gasteiger partial charge in [-0.1, -0.05) is 30.1 Å². The molecular weight excluding hydrogens is 370 g/mol. The van der Waals surface area contributed by atoms with E-state index >= 15 is 0 Å². The third kappa shape index (κ3) is 3.44. The van der Waals surface area contributed by atoms with Crippen molar-refractivity contribution in [2.75, 3.05) is 0 Å². The first-order chi connectivity index (χ1) is 11.1. The van der Waals surface area contributed by atoms with Crippen LogP contribution in [0.1, 0.15) is 23.7 Å². The van der Waals surface area contributed by atoms with Gasteiger partial charge in [-0.05, 0) is 25.5 Å². The molecule has 5 nitrogen and oxygen atoms in total. The molecule has 2 aromatic rings. The summed E-state index contributed by atoms with van der Waals surface area (Å²) in [5.74, 6) is -0.187. The average molecular weight is 382 g/mol. The van der Waals surface area contributed by atoms with Crippen molar-refractivity contribution in [2.24, 2.45) is 5.73 Å². The van der Waals surface area contributed by atoms with Gasteiger partial charge >= 0.3 is 12.2 Å². The van der Waals surface area contributed by atoms with E-state index in [1.807, 2.05) is 0 Å². The Hall–Kier alpha value is -1.93. The quantitative estimate of drug-likeness (QED) is 0.829. The predicted molar refractivity (Wildman–Crippen MR) is 82.9 cm³/mol. The number of ether oxygens (including phenoxy) is 1. The Labute approximate surface area is 145 Å². The minimum Gasteiger partial charge on any atom is -0.434 e. The van der Waals surface area contributed by atoms with Gasteiger partial charge in [0, 0.05) is 5.56 Å². The van der Waals surface area contributed by atoms with Crippen molar-refractivity contribution in [3.05, 3.63) is 39.0 Å². The number of rotatable bonds is 3. The predicted octanol–water partition coefficient (Wildman–Crippen LogP) is 4.80. The van der Waals surface area contributed by atoms with E-state index in [0.717, 1.165) is 4.68 Å². The smallest absolute Gasteiger partial charge is 0.416 e. The van der Waals surface area contributed by atoms with Crippen LogP contribution >= 0.6 is 23.2 Å². The average Bonchev–Trinajstić information content (AvgIpc) is 2.77. The van der Waals surface area contributed by atoms with Crippen molar-refractivity contribution >= 4 is 29.2 Å². The summed E-state index contributed by atoms with van der Waals surface area (Å²) in [4.78, 5) is 11.3. The second kappa shape index (κ2) is 6.52. The summed E-state index contributed by atoms with van der Waals surface area (Å²) in [7, 11) is 0. The van der Waals surface area contributed by atoms with Crippen LogP contribution in [-0.4, -0.2) is 15.8 Å². The molecule has 0 aliphatic heterocycles. The Bertz CT molecular complexity index is 780. The maximum absolute atomic E-state index is 12.7. The van der Waals surface area contributed by atoms with Gasteiger partial charge in [-0.3, -0.25) is 0 Å². The van der Waals surface area contributed by atoms with Crippen LogP contribution in [0.2, 0.25) is 10.0 Å². The lowest BCUT2D eigenvalue weighted by atomic mass is 10.2. The van der Waals surface area contributed by atoms with Gasteiger partial charge in [0.05, 0.1) is 21.3 Å². The van der Waals surface area contributed by atoms with Crippen molar-refractivity contribution in [3.8, 4) is 11.6 Å². The maximum Gasteiger partial charge on any atom is 0.416 e. The van der Waals surface area contributed by atoms with Gasteiger partial charge in [0.1, 0.15) is 0 Å². The van der Waals surface area contributed by atoms with Crippen LogP contribution in [-0.2, 0) is 12.6 Å². The van der Waals surface area contributed by atoms with Gasteiger partial charge in [0.2, 0.25) is 5.88 Å². The maximum atomic E-state index is 12.7. The largest absolute Gasteiger partial charge is 0.434 e. The molecule has 0 atom stereocenters. The number of hydrogen-bond donors (Lipinski definition) is 1. The molecule has 0 bridgehead atoms. The highest BCUT2D eigenvalue weighted by Crippen LogP contribution is 2.42. The van der Waals surface area contributed by atoms with Gasteiger partial charge in [-0.25, -0.2) is 4.79 Å². The van der Waals surface area contributed by atoms with Crippen molar-refractivity contribution in [1.29, 1.82) is 0 Å². The molecule has 1 amide bonds. The molecule has 1 aromatic carbocycles. The standard InChI is InChI=1S/C14H12Cl2F3N3O2/c1-3-8-6(2)22(13(20)23)21-12(8)24-11-9(15)4-7(5-10(11)16)14(17,18)19/h4-5H,3H2,1-2H3,(H2,20,23). The number of benzene rings is 1. The summed E-state index contributed by atoms with van der Waals surface area (Å²) in [5, 5.41) is 3.25. The molecule has 130 valence electrons. The highest BCUT2D eigenvalue weighted by atomic mass is 35.5. The number of hydrogen-bond acceptors (Lipinski definition) is 3. The fraction of sp³-hybridized carbons (Fsp3) is 0.286. The summed E-state index contributed by atoms with van der Waals surface area (Å²) in [6, 6.07) is 0.584. The molecule has 0 fully saturated rings. The van der Waals surface area contributed by atoms with Gasteiger partial charge < -0.3 is 10.5 Å². The molecule has 2 rings (SSSR count). The van der Waals surface area contributed by atoms with Crippen molar-refractivity contribution in [2.45, 2.75) is 26.4 Å². The van der Waals surface area contributed by atoms with Crippen LogP contribution in [0.3, 0.4) is 0 Å². The lowest BCUT2D eigenvalue weighted by molar-refractivity contribution is -0.137. The first kappa shape index (κ1) is 18.4. The van der Waals surface area contributed by atoms with Crippen molar-refractivity contribution < 1.29 is 22.7 Å². The number of carbonyl (C=O) groups is 1. The van der Waals surface area contributed by atoms with Gasteiger partial charge in [0.15, 0.2) is 5.75 Å². The molecule has 0 saturated carbocycles. The highest BCUT2D eigenvalue weighted by molar-refractivity contribution is 6.37. The van der Waals surface area contributed by atoms with Gasteiger partial charge in [-0.2, -0.15) is 17.9 Å². The van der Waals surface area contributed by atoms with E-state index in [1.165, 1.54) is 0 Å². The molecule has 2 N–H and O–H groups in total. The summed E-state index contributed by atoms with van der Waals surface area (Å²) in [6.07, 6.45) is -4.14. The Morgan fingerprint density at radius 3 is 2.29 bits per heavy atom.